The maximum atomic E-state index is 12.4. The van der Waals surface area contributed by atoms with E-state index in [1.807, 2.05) is 12.1 Å². The average molecular weight is 331 g/mol. The highest BCUT2D eigenvalue weighted by molar-refractivity contribution is 5.92. The fourth-order valence-electron chi connectivity index (χ4n) is 2.80. The molecule has 0 fully saturated rings. The number of nitrogens with one attached hydrogen (secondary N) is 1. The number of allylic oxidation sites excluding steroid dienone is 1. The number of ether oxygens (including phenoxy) is 3. The zero-order chi connectivity index (χ0) is 17.3. The standard InChI is InChI=1S/C15H17N5O4/c1-8-11(14(21)24-4)12(20-15(16-8)17-18-19-20)9-6-5-7-10(22-2)13(9)23-3/h5-7,12H,1-4H3,(H,16,17,19)/t12-/m0/s1. The monoisotopic (exact) mass is 331 g/mol. The number of carbonyl (C=O) groups is 1. The van der Waals surface area contributed by atoms with Gasteiger partial charge in [0, 0.05) is 11.3 Å². The van der Waals surface area contributed by atoms with Crippen molar-refractivity contribution in [3.8, 4) is 11.5 Å². The summed E-state index contributed by atoms with van der Waals surface area (Å²) in [5, 5.41) is 14.6. The molecule has 2 heterocycles. The van der Waals surface area contributed by atoms with Gasteiger partial charge in [-0.05, 0) is 23.4 Å². The third-order valence-electron chi connectivity index (χ3n) is 3.85. The van der Waals surface area contributed by atoms with Gasteiger partial charge in [0.2, 0.25) is 5.95 Å². The number of fused-ring (bicyclic) bond motifs is 1. The summed E-state index contributed by atoms with van der Waals surface area (Å²) in [6, 6.07) is 4.82. The van der Waals surface area contributed by atoms with E-state index in [2.05, 4.69) is 20.8 Å². The largest absolute Gasteiger partial charge is 0.493 e. The van der Waals surface area contributed by atoms with Crippen LogP contribution in [0.4, 0.5) is 5.95 Å². The van der Waals surface area contributed by atoms with Crippen molar-refractivity contribution in [1.82, 2.24) is 20.2 Å². The van der Waals surface area contributed by atoms with Gasteiger partial charge in [-0.25, -0.2) is 4.79 Å². The van der Waals surface area contributed by atoms with Crippen LogP contribution in [0.1, 0.15) is 18.5 Å². The van der Waals surface area contributed by atoms with Crippen LogP contribution in [0.2, 0.25) is 0 Å². The minimum Gasteiger partial charge on any atom is -0.493 e. The second kappa shape index (κ2) is 6.19. The Balaban J connectivity index is 2.26. The van der Waals surface area contributed by atoms with Crippen LogP contribution in [-0.4, -0.2) is 47.5 Å². The van der Waals surface area contributed by atoms with Gasteiger partial charge in [-0.1, -0.05) is 17.2 Å². The van der Waals surface area contributed by atoms with Crippen molar-refractivity contribution in [3.63, 3.8) is 0 Å². The number of rotatable bonds is 4. The highest BCUT2D eigenvalue weighted by Gasteiger charge is 2.36. The molecule has 1 aromatic carbocycles. The zero-order valence-electron chi connectivity index (χ0n) is 13.7. The van der Waals surface area contributed by atoms with E-state index in [4.69, 9.17) is 14.2 Å². The zero-order valence-corrected chi connectivity index (χ0v) is 13.7. The maximum absolute atomic E-state index is 12.4. The molecular formula is C15H17N5O4. The van der Waals surface area contributed by atoms with E-state index < -0.39 is 12.0 Å². The predicted molar refractivity (Wildman–Crippen MR) is 83.8 cm³/mol. The molecule has 9 heteroatoms. The lowest BCUT2D eigenvalue weighted by Gasteiger charge is -2.28. The molecule has 1 aromatic heterocycles. The maximum Gasteiger partial charge on any atom is 0.338 e. The quantitative estimate of drug-likeness (QED) is 0.833. The van der Waals surface area contributed by atoms with E-state index in [0.29, 0.717) is 34.3 Å². The fraction of sp³-hybridized carbons (Fsp3) is 0.333. The van der Waals surface area contributed by atoms with Gasteiger partial charge < -0.3 is 19.5 Å². The Hall–Kier alpha value is -3.10. The number of hydrogen-bond donors (Lipinski definition) is 1. The molecule has 1 aliphatic rings. The number of nitrogens with zero attached hydrogens (tertiary/aromatic N) is 4. The molecule has 24 heavy (non-hydrogen) atoms. The fourth-order valence-corrected chi connectivity index (χ4v) is 2.80. The lowest BCUT2D eigenvalue weighted by atomic mass is 9.94. The van der Waals surface area contributed by atoms with Crippen LogP contribution in [0.15, 0.2) is 29.5 Å². The molecule has 0 aliphatic carbocycles. The van der Waals surface area contributed by atoms with E-state index in [-0.39, 0.29) is 0 Å². The van der Waals surface area contributed by atoms with Gasteiger partial charge in [0.05, 0.1) is 26.9 Å². The van der Waals surface area contributed by atoms with E-state index >= 15 is 0 Å². The molecule has 0 saturated heterocycles. The summed E-state index contributed by atoms with van der Waals surface area (Å²) < 4.78 is 17.3. The lowest BCUT2D eigenvalue weighted by molar-refractivity contribution is -0.136. The number of methoxy groups -OCH3 is 3. The van der Waals surface area contributed by atoms with Crippen molar-refractivity contribution < 1.29 is 19.0 Å². The first-order valence-electron chi connectivity index (χ1n) is 7.17. The summed E-state index contributed by atoms with van der Waals surface area (Å²) in [4.78, 5) is 12.4. The third kappa shape index (κ3) is 2.34. The molecule has 1 aliphatic heterocycles. The molecule has 3 rings (SSSR count). The number of benzene rings is 1. The Labute approximate surface area is 138 Å². The van der Waals surface area contributed by atoms with Crippen LogP contribution in [0.25, 0.3) is 0 Å². The predicted octanol–water partition coefficient (Wildman–Crippen LogP) is 1.15. The van der Waals surface area contributed by atoms with Crippen LogP contribution in [0.5, 0.6) is 11.5 Å². The number of para-hydroxylation sites is 1. The van der Waals surface area contributed by atoms with E-state index in [0.717, 1.165) is 0 Å². The molecule has 0 unspecified atom stereocenters. The molecule has 0 amide bonds. The van der Waals surface area contributed by atoms with Crippen LogP contribution in [0, 0.1) is 0 Å². The lowest BCUT2D eigenvalue weighted by Crippen LogP contribution is -2.29. The second-order valence-corrected chi connectivity index (χ2v) is 5.09. The van der Waals surface area contributed by atoms with Crippen molar-refractivity contribution in [1.29, 1.82) is 0 Å². The molecule has 0 spiro atoms. The van der Waals surface area contributed by atoms with Gasteiger partial charge in [0.1, 0.15) is 6.04 Å². The first-order chi connectivity index (χ1) is 11.6. The number of tetrazole rings is 1. The second-order valence-electron chi connectivity index (χ2n) is 5.09. The van der Waals surface area contributed by atoms with Crippen LogP contribution >= 0.6 is 0 Å². The summed E-state index contributed by atoms with van der Waals surface area (Å²) in [6.45, 7) is 1.77. The van der Waals surface area contributed by atoms with Crippen LogP contribution in [0.3, 0.4) is 0 Å². The molecule has 9 nitrogen and oxygen atoms in total. The van der Waals surface area contributed by atoms with Crippen molar-refractivity contribution in [2.75, 3.05) is 26.6 Å². The molecule has 126 valence electrons. The first kappa shape index (κ1) is 15.8. The molecule has 2 aromatic rings. The van der Waals surface area contributed by atoms with E-state index in [1.165, 1.54) is 18.9 Å². The average Bonchev–Trinajstić information content (AvgIpc) is 3.06. The molecule has 0 saturated carbocycles. The Kier molecular flexibility index (Phi) is 4.07. The summed E-state index contributed by atoms with van der Waals surface area (Å²) in [5.74, 6) is 0.999. The smallest absolute Gasteiger partial charge is 0.338 e. The number of hydrogen-bond acceptors (Lipinski definition) is 8. The van der Waals surface area contributed by atoms with Crippen molar-refractivity contribution in [2.45, 2.75) is 13.0 Å². The van der Waals surface area contributed by atoms with Gasteiger partial charge >= 0.3 is 5.97 Å². The molecular weight excluding hydrogens is 314 g/mol. The highest BCUT2D eigenvalue weighted by Crippen LogP contribution is 2.42. The van der Waals surface area contributed by atoms with E-state index in [1.54, 1.807) is 20.1 Å². The van der Waals surface area contributed by atoms with Gasteiger partial charge in [-0.15, -0.1) is 0 Å². The Morgan fingerprint density at radius 2 is 2.04 bits per heavy atom. The molecule has 1 N–H and O–H groups in total. The highest BCUT2D eigenvalue weighted by atomic mass is 16.5. The van der Waals surface area contributed by atoms with Gasteiger partial charge in [-0.2, -0.15) is 4.68 Å². The van der Waals surface area contributed by atoms with Gasteiger partial charge in [0.25, 0.3) is 0 Å². The van der Waals surface area contributed by atoms with Gasteiger partial charge in [0.15, 0.2) is 11.5 Å². The van der Waals surface area contributed by atoms with E-state index in [9.17, 15) is 4.79 Å². The molecule has 0 bridgehead atoms. The number of anilines is 1. The van der Waals surface area contributed by atoms with Crippen LogP contribution in [-0.2, 0) is 9.53 Å². The Bertz CT molecular complexity index is 814. The minimum absolute atomic E-state index is 0.392. The summed E-state index contributed by atoms with van der Waals surface area (Å²) in [6.07, 6.45) is 0. The van der Waals surface area contributed by atoms with Crippen molar-refractivity contribution >= 4 is 11.9 Å². The normalized spacial score (nSPS) is 16.2. The summed E-state index contributed by atoms with van der Waals surface area (Å²) in [7, 11) is 4.42. The summed E-state index contributed by atoms with van der Waals surface area (Å²) >= 11 is 0. The minimum atomic E-state index is -0.603. The Morgan fingerprint density at radius 1 is 1.25 bits per heavy atom. The molecule has 0 radical (unpaired) electrons. The third-order valence-corrected chi connectivity index (χ3v) is 3.85. The number of esters is 1. The first-order valence-corrected chi connectivity index (χ1v) is 7.17. The molecule has 1 atom stereocenters. The van der Waals surface area contributed by atoms with Crippen molar-refractivity contribution in [3.05, 3.63) is 35.0 Å². The van der Waals surface area contributed by atoms with Gasteiger partial charge in [-0.3, -0.25) is 0 Å². The van der Waals surface area contributed by atoms with Crippen molar-refractivity contribution in [2.24, 2.45) is 0 Å². The number of carbonyl (C=O) groups excluding carboxylic acids is 1. The number of aromatic nitrogens is 4. The Morgan fingerprint density at radius 3 is 2.71 bits per heavy atom. The SMILES string of the molecule is COC(=O)C1=C(C)Nc2nnnn2[C@H]1c1cccc(OC)c1OC. The van der Waals surface area contributed by atoms with Crippen LogP contribution < -0.4 is 14.8 Å². The topological polar surface area (TPSA) is 100 Å². The summed E-state index contributed by atoms with van der Waals surface area (Å²) in [5.41, 5.74) is 1.69.